The molecule has 0 amide bonds. The summed E-state index contributed by atoms with van der Waals surface area (Å²) in [5.41, 5.74) is 2.68. The fourth-order valence-corrected chi connectivity index (χ4v) is 6.29. The van der Waals surface area contributed by atoms with E-state index in [0.717, 1.165) is 16.7 Å². The van der Waals surface area contributed by atoms with Gasteiger partial charge < -0.3 is 20.2 Å². The molecule has 0 spiro atoms. The Morgan fingerprint density at radius 2 is 2.00 bits per heavy atom. The Hall–Kier alpha value is -4.52. The smallest absolute Gasteiger partial charge is 0.342 e. The van der Waals surface area contributed by atoms with Crippen LogP contribution in [0.25, 0.3) is 27.9 Å². The Bertz CT molecular complexity index is 1830. The quantitative estimate of drug-likeness (QED) is 0.255. The van der Waals surface area contributed by atoms with E-state index in [1.807, 2.05) is 4.90 Å². The predicted molar refractivity (Wildman–Crippen MR) is 153 cm³/mol. The van der Waals surface area contributed by atoms with Gasteiger partial charge in [-0.25, -0.2) is 27.3 Å². The number of carboxylic acid groups (broad SMARTS) is 1. The first-order valence-electron chi connectivity index (χ1n) is 13.7. The number of nitrogens with one attached hydrogen (secondary N) is 1. The van der Waals surface area contributed by atoms with Crippen molar-refractivity contribution >= 4 is 23.0 Å². The van der Waals surface area contributed by atoms with E-state index in [0.29, 0.717) is 65.4 Å². The third-order valence-electron chi connectivity index (χ3n) is 8.19. The largest absolute Gasteiger partial charge is 0.477 e. The van der Waals surface area contributed by atoms with E-state index in [1.54, 1.807) is 37.3 Å². The number of anilines is 2. The zero-order valence-corrected chi connectivity index (χ0v) is 23.4. The molecule has 1 unspecified atom stereocenters. The number of pyridine rings is 2. The molecule has 224 valence electrons. The maximum Gasteiger partial charge on any atom is 0.342 e. The molecule has 0 radical (unpaired) electrons. The van der Waals surface area contributed by atoms with Gasteiger partial charge in [0, 0.05) is 85.7 Å². The van der Waals surface area contributed by atoms with E-state index in [4.69, 9.17) is 0 Å². The monoisotopic (exact) mass is 596 g/mol. The number of hydrogen-bond acceptors (Lipinski definition) is 7. The number of carboxylic acids is 1. The first kappa shape index (κ1) is 28.6. The van der Waals surface area contributed by atoms with Gasteiger partial charge in [-0.15, -0.1) is 0 Å². The lowest BCUT2D eigenvalue weighted by Gasteiger charge is -2.27. The second-order valence-electron chi connectivity index (χ2n) is 11.0. The molecule has 4 aromatic rings. The van der Waals surface area contributed by atoms with Crippen molar-refractivity contribution in [2.24, 2.45) is 5.92 Å². The van der Waals surface area contributed by atoms with Gasteiger partial charge >= 0.3 is 5.97 Å². The lowest BCUT2D eigenvalue weighted by molar-refractivity contribution is 0.0694. The van der Waals surface area contributed by atoms with Crippen LogP contribution in [0.2, 0.25) is 0 Å². The Balaban J connectivity index is 1.54. The highest BCUT2D eigenvalue weighted by atomic mass is 19.3. The summed E-state index contributed by atoms with van der Waals surface area (Å²) in [6.07, 6.45) is 2.58. The molecule has 1 aliphatic carbocycles. The first-order valence-corrected chi connectivity index (χ1v) is 13.7. The summed E-state index contributed by atoms with van der Waals surface area (Å²) in [5, 5.41) is 12.4. The fraction of sp³-hybridized carbons (Fsp3) is 0.333. The molecule has 2 aliphatic rings. The number of alkyl halides is 2. The Kier molecular flexibility index (Phi) is 7.28. The van der Waals surface area contributed by atoms with E-state index in [2.05, 4.69) is 15.3 Å². The van der Waals surface area contributed by atoms with Crippen LogP contribution in [0.1, 0.15) is 28.0 Å². The van der Waals surface area contributed by atoms with Crippen LogP contribution < -0.4 is 15.8 Å². The maximum atomic E-state index is 15.6. The molecule has 9 nitrogen and oxygen atoms in total. The van der Waals surface area contributed by atoms with Crippen LogP contribution in [0.15, 0.2) is 41.6 Å². The van der Waals surface area contributed by atoms with Crippen LogP contribution in [0, 0.1) is 17.6 Å². The molecule has 3 aromatic heterocycles. The molecular formula is C30H28F4N6O3. The van der Waals surface area contributed by atoms with Crippen molar-refractivity contribution in [1.29, 1.82) is 0 Å². The zero-order valence-electron chi connectivity index (χ0n) is 23.4. The van der Waals surface area contributed by atoms with E-state index in [-0.39, 0.29) is 30.1 Å². The van der Waals surface area contributed by atoms with Gasteiger partial charge in [0.1, 0.15) is 11.2 Å². The molecule has 0 saturated carbocycles. The summed E-state index contributed by atoms with van der Waals surface area (Å²) in [6.45, 7) is 1.08. The minimum absolute atomic E-state index is 0.0352. The average molecular weight is 597 g/mol. The van der Waals surface area contributed by atoms with E-state index < -0.39 is 35.2 Å². The number of rotatable bonds is 8. The SMILES string of the molecule is CNc1cc(F)c(F)c2c1Cc1ncc(-c3ccc4ncc(C(=O)O)c(=O)n4c3)c(N3CCC(CN(C)CC(F)F)C3)c1-2. The van der Waals surface area contributed by atoms with Gasteiger partial charge in [-0.3, -0.25) is 14.2 Å². The van der Waals surface area contributed by atoms with Crippen molar-refractivity contribution in [3.8, 4) is 22.3 Å². The van der Waals surface area contributed by atoms with Crippen molar-refractivity contribution in [1.82, 2.24) is 19.3 Å². The molecule has 1 fully saturated rings. The predicted octanol–water partition coefficient (Wildman–Crippen LogP) is 4.37. The highest BCUT2D eigenvalue weighted by Gasteiger charge is 2.36. The van der Waals surface area contributed by atoms with Crippen molar-refractivity contribution in [3.63, 3.8) is 0 Å². The molecular weight excluding hydrogens is 568 g/mol. The molecule has 1 aliphatic heterocycles. The van der Waals surface area contributed by atoms with Crippen LogP contribution in [-0.2, 0) is 6.42 Å². The number of nitrogens with zero attached hydrogens (tertiary/aromatic N) is 5. The lowest BCUT2D eigenvalue weighted by Crippen LogP contribution is -2.31. The summed E-state index contributed by atoms with van der Waals surface area (Å²) in [7, 11) is 3.27. The van der Waals surface area contributed by atoms with Gasteiger partial charge in [0.2, 0.25) is 0 Å². The van der Waals surface area contributed by atoms with Crippen molar-refractivity contribution < 1.29 is 27.5 Å². The number of hydrogen-bond donors (Lipinski definition) is 2. The van der Waals surface area contributed by atoms with Gasteiger partial charge in [0.25, 0.3) is 12.0 Å². The summed E-state index contributed by atoms with van der Waals surface area (Å²) >= 11 is 0. The number of benzene rings is 1. The van der Waals surface area contributed by atoms with Crippen molar-refractivity contribution in [2.75, 3.05) is 50.5 Å². The third-order valence-corrected chi connectivity index (χ3v) is 8.19. The van der Waals surface area contributed by atoms with Crippen LogP contribution in [0.4, 0.5) is 28.9 Å². The summed E-state index contributed by atoms with van der Waals surface area (Å²) in [5.74, 6) is -3.38. The number of fused-ring (bicyclic) bond motifs is 4. The summed E-state index contributed by atoms with van der Waals surface area (Å²) < 4.78 is 57.6. The highest BCUT2D eigenvalue weighted by Crippen LogP contribution is 2.50. The standard InChI is InChI=1S/C30H28F4N6O3/c1-35-21-8-20(31)27(34)25-17(21)7-22-26(25)28(39-6-5-15(12-39)11-38(2)14-23(32)33)18(9-36-22)16-3-4-24-37-10-19(30(42)43)29(41)40(24)13-16/h3-4,8-10,13,15,23,35H,5-7,11-12,14H2,1-2H3,(H,42,43). The number of carbonyl (C=O) groups is 1. The minimum Gasteiger partial charge on any atom is -0.477 e. The Morgan fingerprint density at radius 1 is 1.21 bits per heavy atom. The van der Waals surface area contributed by atoms with E-state index >= 15 is 4.39 Å². The number of aromatic nitrogens is 3. The molecule has 0 bridgehead atoms. The van der Waals surface area contributed by atoms with Gasteiger partial charge in [-0.05, 0) is 37.1 Å². The molecule has 1 atom stereocenters. The van der Waals surface area contributed by atoms with Gasteiger partial charge in [0.05, 0.1) is 17.9 Å². The Labute approximate surface area is 243 Å². The molecule has 1 saturated heterocycles. The second-order valence-corrected chi connectivity index (χ2v) is 11.0. The van der Waals surface area contributed by atoms with Crippen LogP contribution in [0.5, 0.6) is 0 Å². The summed E-state index contributed by atoms with van der Waals surface area (Å²) in [6, 6.07) is 4.39. The topological polar surface area (TPSA) is 103 Å². The minimum atomic E-state index is -2.46. The number of halogens is 4. The molecule has 43 heavy (non-hydrogen) atoms. The van der Waals surface area contributed by atoms with Crippen LogP contribution >= 0.6 is 0 Å². The molecule has 6 rings (SSSR count). The van der Waals surface area contributed by atoms with Crippen LogP contribution in [0.3, 0.4) is 0 Å². The maximum absolute atomic E-state index is 15.6. The van der Waals surface area contributed by atoms with Crippen LogP contribution in [-0.4, -0.2) is 77.0 Å². The fourth-order valence-electron chi connectivity index (χ4n) is 6.29. The Morgan fingerprint density at radius 3 is 2.72 bits per heavy atom. The third kappa shape index (κ3) is 4.97. The van der Waals surface area contributed by atoms with Gasteiger partial charge in [0.15, 0.2) is 11.6 Å². The molecule has 4 heterocycles. The normalized spacial score (nSPS) is 15.9. The zero-order chi connectivity index (χ0) is 30.6. The summed E-state index contributed by atoms with van der Waals surface area (Å²) in [4.78, 5) is 36.9. The lowest BCUT2D eigenvalue weighted by atomic mass is 9.97. The van der Waals surface area contributed by atoms with Crippen molar-refractivity contribution in [3.05, 3.63) is 75.6 Å². The number of aromatic carboxylic acids is 1. The molecule has 2 N–H and O–H groups in total. The van der Waals surface area contributed by atoms with E-state index in [9.17, 15) is 27.9 Å². The average Bonchev–Trinajstić information content (AvgIpc) is 3.59. The second kappa shape index (κ2) is 11.0. The highest BCUT2D eigenvalue weighted by molar-refractivity contribution is 5.97. The molecule has 1 aromatic carbocycles. The van der Waals surface area contributed by atoms with Gasteiger partial charge in [-0.2, -0.15) is 0 Å². The molecule has 13 heteroatoms. The van der Waals surface area contributed by atoms with Gasteiger partial charge in [-0.1, -0.05) is 0 Å². The van der Waals surface area contributed by atoms with E-state index in [1.165, 1.54) is 6.20 Å². The first-order chi connectivity index (χ1) is 20.6. The van der Waals surface area contributed by atoms with Crippen molar-refractivity contribution in [2.45, 2.75) is 19.3 Å².